The fourth-order valence-corrected chi connectivity index (χ4v) is 13.0. The van der Waals surface area contributed by atoms with E-state index in [1.165, 1.54) is 5.56 Å². The number of hydrogen-bond acceptors (Lipinski definition) is 20. The van der Waals surface area contributed by atoms with Crippen molar-refractivity contribution in [2.45, 2.75) is 153 Å². The molecule has 0 atom stereocenters. The van der Waals surface area contributed by atoms with E-state index in [1.54, 1.807) is 135 Å². The van der Waals surface area contributed by atoms with Crippen LogP contribution in [-0.4, -0.2) is 62.2 Å². The van der Waals surface area contributed by atoms with Gasteiger partial charge in [0.2, 0.25) is 0 Å². The fraction of sp³-hybridized carbons (Fsp3) is 0.283. The first kappa shape index (κ1) is 92.8. The lowest BCUT2D eigenvalue weighted by molar-refractivity contribution is -0.150. The van der Waals surface area contributed by atoms with Crippen LogP contribution < -0.4 is 39.1 Å². The molecule has 0 fully saturated rings. The highest BCUT2D eigenvalue weighted by Crippen LogP contribution is 2.44. The van der Waals surface area contributed by atoms with Gasteiger partial charge in [0.05, 0.1) is 71.3 Å². The molecule has 12 aromatic rings. The van der Waals surface area contributed by atoms with E-state index in [4.69, 9.17) is 37.9 Å². The Balaban J connectivity index is 0.000000253. The average molecular weight is 1690 g/mol. The molecule has 0 aliphatic heterocycles. The molecule has 0 saturated heterocycles. The van der Waals surface area contributed by atoms with E-state index in [2.05, 4.69) is 103 Å². The molecule has 0 heterocycles. The highest BCUT2D eigenvalue weighted by Gasteiger charge is 2.42. The molecule has 2 N–H and O–H groups in total. The standard InChI is InChI=1S/C59H59N3O9.C47H53N3O5/c1-39(2)54(63)68-37-13-9-8-12-36-67-44-32-26-42(27-33-44)55(64)69-45-30-22-40(23-31-45)38-60-50-34-35-51(47-17-11-10-16-46(47)50)62-61-43-28-24-41(25-29-43)56(65)70-52-20-14-19-49-48(52)18-15-21-53(49)71-57(66)59(6,7)58(3,4)5;1-33(2)44(51)54-31-13-9-8-12-30-53-38-26-18-35(19-27-38)45(52)55-39-24-16-34(17-25-39)32-48-42-28-29-43(41-15-11-10-14-40(41)42)50-49-37-22-20-36(21-23-37)47(6,7)46(3,4)5/h10-11,14-35,60H,1,8-9,12-13,36-38H2,2-7H3;10-11,14-29,48H,1,8-9,12-13,30-32H2,2-7H3. The number of carbonyl (C=O) groups excluding carboxylic acids is 6. The summed E-state index contributed by atoms with van der Waals surface area (Å²) in [5.74, 6) is 0.505. The van der Waals surface area contributed by atoms with Gasteiger partial charge in [-0.3, -0.25) is 4.79 Å². The van der Waals surface area contributed by atoms with Gasteiger partial charge in [-0.05, 0) is 258 Å². The Morgan fingerprint density at radius 1 is 0.325 bits per heavy atom. The number of rotatable bonds is 37. The third-order valence-corrected chi connectivity index (χ3v) is 22.7. The molecular weight excluding hydrogens is 1580 g/mol. The molecule has 0 radical (unpaired) electrons. The Labute approximate surface area is 738 Å². The van der Waals surface area contributed by atoms with E-state index in [1.807, 2.05) is 144 Å². The maximum atomic E-state index is 13.4. The lowest BCUT2D eigenvalue weighted by Gasteiger charge is -2.39. The van der Waals surface area contributed by atoms with Crippen LogP contribution in [-0.2, 0) is 42.4 Å². The molecule has 650 valence electrons. The van der Waals surface area contributed by atoms with Crippen LogP contribution in [0.2, 0.25) is 0 Å². The second-order valence-electron chi connectivity index (χ2n) is 34.2. The Bertz CT molecular complexity index is 5870. The first-order valence-corrected chi connectivity index (χ1v) is 42.6. The molecule has 0 bridgehead atoms. The molecule has 0 spiro atoms. The highest BCUT2D eigenvalue weighted by atomic mass is 16.6. The molecular formula is C106H112N6O14. The number of unbranched alkanes of at least 4 members (excludes halogenated alkanes) is 6. The number of nitrogens with zero attached hydrogens (tertiary/aromatic N) is 4. The fourth-order valence-electron chi connectivity index (χ4n) is 13.0. The molecule has 0 saturated carbocycles. The zero-order valence-corrected chi connectivity index (χ0v) is 74.1. The quantitative estimate of drug-likeness (QED) is 0.0121. The van der Waals surface area contributed by atoms with Gasteiger partial charge < -0.3 is 48.5 Å². The maximum absolute atomic E-state index is 13.4. The van der Waals surface area contributed by atoms with Crippen LogP contribution in [0.5, 0.6) is 34.5 Å². The molecule has 0 aliphatic rings. The first-order chi connectivity index (χ1) is 60.4. The highest BCUT2D eigenvalue weighted by molar-refractivity contribution is 6.03. The summed E-state index contributed by atoms with van der Waals surface area (Å²) in [5.41, 5.74) is 9.15. The minimum atomic E-state index is -0.744. The van der Waals surface area contributed by atoms with Gasteiger partial charge in [0.1, 0.15) is 34.5 Å². The number of esters is 6. The van der Waals surface area contributed by atoms with E-state index in [-0.39, 0.29) is 34.2 Å². The van der Waals surface area contributed by atoms with Crippen LogP contribution in [0, 0.1) is 16.2 Å². The summed E-state index contributed by atoms with van der Waals surface area (Å²) in [7, 11) is 0. The van der Waals surface area contributed by atoms with Crippen molar-refractivity contribution in [2.75, 3.05) is 37.1 Å². The average Bonchev–Trinajstić information content (AvgIpc) is 0.794. The summed E-state index contributed by atoms with van der Waals surface area (Å²) in [5, 5.41) is 30.6. The second kappa shape index (κ2) is 43.4. The second-order valence-corrected chi connectivity index (χ2v) is 34.2. The van der Waals surface area contributed by atoms with Crippen LogP contribution in [0.4, 0.5) is 34.1 Å². The number of fused-ring (bicyclic) bond motifs is 3. The largest absolute Gasteiger partial charge is 0.494 e. The molecule has 0 aliphatic carbocycles. The van der Waals surface area contributed by atoms with E-state index in [0.29, 0.717) is 124 Å². The summed E-state index contributed by atoms with van der Waals surface area (Å²) in [6.07, 6.45) is 7.14. The Kier molecular flexibility index (Phi) is 32.0. The predicted octanol–water partition coefficient (Wildman–Crippen LogP) is 27.0. The Hall–Kier alpha value is -13.9. The molecule has 12 aromatic carbocycles. The van der Waals surface area contributed by atoms with Crippen molar-refractivity contribution < 1.29 is 66.7 Å². The van der Waals surface area contributed by atoms with Gasteiger partial charge in [0, 0.05) is 67.9 Å². The molecule has 0 amide bonds. The predicted molar refractivity (Wildman–Crippen MR) is 499 cm³/mol. The number of ether oxygens (including phenoxy) is 8. The lowest BCUT2D eigenvalue weighted by atomic mass is 9.65. The normalized spacial score (nSPS) is 11.7. The Morgan fingerprint density at radius 2 is 0.675 bits per heavy atom. The third kappa shape index (κ3) is 25.6. The van der Waals surface area contributed by atoms with Crippen molar-refractivity contribution in [3.05, 3.63) is 312 Å². The lowest BCUT2D eigenvalue weighted by Crippen LogP contribution is -2.40. The van der Waals surface area contributed by atoms with Gasteiger partial charge in [0.25, 0.3) is 0 Å². The maximum Gasteiger partial charge on any atom is 0.343 e. The zero-order valence-electron chi connectivity index (χ0n) is 74.1. The Morgan fingerprint density at radius 3 is 1.06 bits per heavy atom. The smallest absolute Gasteiger partial charge is 0.343 e. The van der Waals surface area contributed by atoms with Crippen molar-refractivity contribution in [3.63, 3.8) is 0 Å². The first-order valence-electron chi connectivity index (χ1n) is 42.6. The van der Waals surface area contributed by atoms with Crippen molar-refractivity contribution in [1.29, 1.82) is 0 Å². The third-order valence-electron chi connectivity index (χ3n) is 22.7. The summed E-state index contributed by atoms with van der Waals surface area (Å²) in [6, 6.07) is 78.4. The molecule has 12 rings (SSSR count). The number of carbonyl (C=O) groups is 6. The number of benzene rings is 12. The molecule has 20 heteroatoms. The minimum absolute atomic E-state index is 0.0248. The monoisotopic (exact) mass is 1690 g/mol. The zero-order chi connectivity index (χ0) is 90.0. The van der Waals surface area contributed by atoms with Crippen molar-refractivity contribution >= 4 is 102 Å². The summed E-state index contributed by atoms with van der Waals surface area (Å²) >= 11 is 0. The van der Waals surface area contributed by atoms with Crippen molar-refractivity contribution in [3.8, 4) is 34.5 Å². The topological polar surface area (TPSA) is 250 Å². The van der Waals surface area contributed by atoms with Gasteiger partial charge in [-0.25, -0.2) is 24.0 Å². The van der Waals surface area contributed by atoms with Gasteiger partial charge in [-0.2, -0.15) is 10.2 Å². The molecule has 0 aromatic heterocycles. The SMILES string of the molecule is C=C(C)C(=O)OCCCCCCOc1ccc(C(=O)Oc2ccc(CNc3ccc(N=Nc4ccc(C(=O)Oc5cccc6c(OC(=O)C(C)(C)C(C)(C)C)cccc56)cc4)c4ccccc34)cc2)cc1.C=C(C)C(=O)OCCCCCCOc1ccc(C(=O)Oc2ccc(CNc3ccc(N=Nc4ccc(C(C)(C)C(C)(C)C)cc4)c4ccccc34)cc2)cc1. The van der Waals surface area contributed by atoms with Crippen LogP contribution in [0.25, 0.3) is 32.3 Å². The molecule has 126 heavy (non-hydrogen) atoms. The van der Waals surface area contributed by atoms with Crippen LogP contribution in [0.15, 0.2) is 300 Å². The molecule has 20 nitrogen and oxygen atoms in total. The number of nitrogens with one attached hydrogen (secondary N) is 2. The summed E-state index contributed by atoms with van der Waals surface area (Å²) < 4.78 is 44.9. The van der Waals surface area contributed by atoms with Crippen molar-refractivity contribution in [1.82, 2.24) is 0 Å². The molecule has 0 unspecified atom stereocenters. The van der Waals surface area contributed by atoms with E-state index in [9.17, 15) is 28.8 Å². The van der Waals surface area contributed by atoms with Gasteiger partial charge in [0.15, 0.2) is 0 Å². The van der Waals surface area contributed by atoms with Gasteiger partial charge in [-0.1, -0.05) is 178 Å². The summed E-state index contributed by atoms with van der Waals surface area (Å²) in [6.45, 7) is 34.5. The van der Waals surface area contributed by atoms with Gasteiger partial charge >= 0.3 is 35.8 Å². The number of hydrogen-bond donors (Lipinski definition) is 2. The van der Waals surface area contributed by atoms with Crippen LogP contribution in [0.1, 0.15) is 182 Å². The number of azo groups is 2. The van der Waals surface area contributed by atoms with E-state index < -0.39 is 23.3 Å². The van der Waals surface area contributed by atoms with Crippen LogP contribution in [0.3, 0.4) is 0 Å². The van der Waals surface area contributed by atoms with Crippen LogP contribution >= 0.6 is 0 Å². The number of anilines is 2. The van der Waals surface area contributed by atoms with E-state index in [0.717, 1.165) is 107 Å². The van der Waals surface area contributed by atoms with E-state index >= 15 is 0 Å². The minimum Gasteiger partial charge on any atom is -0.494 e. The van der Waals surface area contributed by atoms with Gasteiger partial charge in [-0.15, -0.1) is 10.2 Å². The van der Waals surface area contributed by atoms with Crippen molar-refractivity contribution in [2.24, 2.45) is 36.7 Å². The summed E-state index contributed by atoms with van der Waals surface area (Å²) in [4.78, 5) is 75.2.